The monoisotopic (exact) mass is 450 g/mol. The zero-order valence-electron chi connectivity index (χ0n) is 19.3. The molecule has 2 heterocycles. The molecule has 0 aromatic heterocycles. The van der Waals surface area contributed by atoms with Gasteiger partial charge in [-0.1, -0.05) is 60.2 Å². The van der Waals surface area contributed by atoms with Crippen molar-refractivity contribution in [2.24, 2.45) is 0 Å². The fourth-order valence-corrected chi connectivity index (χ4v) is 5.59. The minimum absolute atomic E-state index is 0.221. The molecule has 2 aliphatic heterocycles. The molecule has 0 radical (unpaired) electrons. The van der Waals surface area contributed by atoms with Crippen LogP contribution in [0.2, 0.25) is 0 Å². The zero-order chi connectivity index (χ0) is 23.6. The van der Waals surface area contributed by atoms with Gasteiger partial charge in [0.2, 0.25) is 6.04 Å². The van der Waals surface area contributed by atoms with Crippen molar-refractivity contribution in [1.29, 1.82) is 0 Å². The van der Waals surface area contributed by atoms with Gasteiger partial charge in [-0.25, -0.2) is 0 Å². The number of methoxy groups -OCH3 is 1. The lowest BCUT2D eigenvalue weighted by Gasteiger charge is -2.34. The molecule has 174 valence electrons. The van der Waals surface area contributed by atoms with Crippen LogP contribution < -0.4 is 4.74 Å². The highest BCUT2D eigenvalue weighted by Crippen LogP contribution is 2.53. The molecule has 0 spiro atoms. The average Bonchev–Trinajstić information content (AvgIpc) is 3.36. The van der Waals surface area contributed by atoms with Gasteiger partial charge in [0.1, 0.15) is 11.3 Å². The van der Waals surface area contributed by atoms with Crippen molar-refractivity contribution in [1.82, 2.24) is 4.90 Å². The Morgan fingerprint density at radius 3 is 2.64 bits per heavy atom. The number of hydrogen-bond acceptors (Lipinski definition) is 6. The van der Waals surface area contributed by atoms with Gasteiger partial charge in [0.25, 0.3) is 0 Å². The zero-order valence-corrected chi connectivity index (χ0v) is 19.3. The maximum atomic E-state index is 13.5. The molecule has 0 saturated carbocycles. The molecule has 33 heavy (non-hydrogen) atoms. The van der Waals surface area contributed by atoms with Crippen molar-refractivity contribution in [2.45, 2.75) is 50.2 Å². The number of rotatable bonds is 7. The van der Waals surface area contributed by atoms with Gasteiger partial charge >= 0.3 is 5.97 Å². The third-order valence-corrected chi connectivity index (χ3v) is 6.96. The van der Waals surface area contributed by atoms with E-state index in [2.05, 4.69) is 0 Å². The largest absolute Gasteiger partial charge is 0.496 e. The normalized spacial score (nSPS) is 26.9. The van der Waals surface area contributed by atoms with E-state index in [1.54, 1.807) is 14.0 Å². The van der Waals surface area contributed by atoms with Crippen molar-refractivity contribution in [3.8, 4) is 5.75 Å². The van der Waals surface area contributed by atoms with E-state index in [1.165, 1.54) is 0 Å². The van der Waals surface area contributed by atoms with Crippen molar-refractivity contribution < 1.29 is 19.2 Å². The van der Waals surface area contributed by atoms with Crippen LogP contribution in [-0.2, 0) is 9.53 Å². The van der Waals surface area contributed by atoms with Crippen LogP contribution in [0.4, 0.5) is 0 Å². The molecule has 0 amide bonds. The fourth-order valence-electron chi connectivity index (χ4n) is 5.59. The van der Waals surface area contributed by atoms with E-state index >= 15 is 0 Å². The van der Waals surface area contributed by atoms with Gasteiger partial charge < -0.3 is 9.47 Å². The number of aryl methyl sites for hydroxylation is 1. The predicted molar refractivity (Wildman–Crippen MR) is 126 cm³/mol. The van der Waals surface area contributed by atoms with Crippen LogP contribution in [0, 0.1) is 17.0 Å². The first-order valence-electron chi connectivity index (χ1n) is 11.4. The predicted octanol–water partition coefficient (Wildman–Crippen LogP) is 4.23. The molecule has 2 fully saturated rings. The summed E-state index contributed by atoms with van der Waals surface area (Å²) in [7, 11) is 1.60. The van der Waals surface area contributed by atoms with Crippen molar-refractivity contribution in [2.75, 3.05) is 20.3 Å². The molecule has 7 heteroatoms. The molecule has 7 nitrogen and oxygen atoms in total. The Hall–Kier alpha value is -3.19. The van der Waals surface area contributed by atoms with Gasteiger partial charge in [-0.3, -0.25) is 19.8 Å². The third-order valence-electron chi connectivity index (χ3n) is 6.96. The Morgan fingerprint density at radius 1 is 1.24 bits per heavy atom. The summed E-state index contributed by atoms with van der Waals surface area (Å²) >= 11 is 0. The Balaban J connectivity index is 1.85. The second-order valence-electron chi connectivity index (χ2n) is 8.70. The lowest BCUT2D eigenvalue weighted by atomic mass is 9.76. The highest BCUT2D eigenvalue weighted by atomic mass is 16.6. The van der Waals surface area contributed by atoms with Gasteiger partial charge in [-0.2, -0.15) is 0 Å². The van der Waals surface area contributed by atoms with E-state index in [9.17, 15) is 14.9 Å². The summed E-state index contributed by atoms with van der Waals surface area (Å²) in [5.41, 5.74) is 1.64. The maximum Gasteiger partial charge on any atom is 0.327 e. The number of carbonyl (C=O) groups excluding carboxylic acids is 1. The molecule has 4 atom stereocenters. The molecule has 0 unspecified atom stereocenters. The molecule has 4 rings (SSSR count). The first-order valence-corrected chi connectivity index (χ1v) is 11.4. The Labute approximate surface area is 194 Å². The standard InChI is InChI=1S/C26H30N2O5/c1-4-33-25(29)26-16-7-17-27(26)21(15-14-19-8-5-6-9-22(19)32-3)24(28(30)31)23(26)20-12-10-18(2)11-13-20/h5-6,8-15,21,23-24H,4,7,16-17H2,1-3H3/b15-14+/t21-,23-,24+,26+/m0/s1. The minimum Gasteiger partial charge on any atom is -0.496 e. The molecular formula is C26H30N2O5. The van der Waals surface area contributed by atoms with Crippen LogP contribution in [0.3, 0.4) is 0 Å². The number of ether oxygens (including phenoxy) is 2. The van der Waals surface area contributed by atoms with Crippen molar-refractivity contribution in [3.05, 3.63) is 81.4 Å². The minimum atomic E-state index is -1.06. The first kappa shape index (κ1) is 23.0. The van der Waals surface area contributed by atoms with E-state index in [0.717, 1.165) is 23.1 Å². The Kier molecular flexibility index (Phi) is 6.51. The summed E-state index contributed by atoms with van der Waals surface area (Å²) in [6, 6.07) is 13.7. The molecule has 2 aromatic rings. The second-order valence-corrected chi connectivity index (χ2v) is 8.70. The molecule has 0 bridgehead atoms. The van der Waals surface area contributed by atoms with E-state index in [0.29, 0.717) is 18.7 Å². The van der Waals surface area contributed by atoms with Crippen molar-refractivity contribution in [3.63, 3.8) is 0 Å². The van der Waals surface area contributed by atoms with E-state index in [-0.39, 0.29) is 17.5 Å². The van der Waals surface area contributed by atoms with Gasteiger partial charge in [-0.05, 0) is 38.3 Å². The van der Waals surface area contributed by atoms with Gasteiger partial charge in [0, 0.05) is 17.0 Å². The lowest BCUT2D eigenvalue weighted by Crippen LogP contribution is -2.52. The van der Waals surface area contributed by atoms with Crippen molar-refractivity contribution >= 4 is 12.0 Å². The van der Waals surface area contributed by atoms with Crippen LogP contribution in [-0.4, -0.2) is 53.7 Å². The summed E-state index contributed by atoms with van der Waals surface area (Å²) in [4.78, 5) is 27.8. The number of benzene rings is 2. The lowest BCUT2D eigenvalue weighted by molar-refractivity contribution is -0.526. The quantitative estimate of drug-likeness (QED) is 0.357. The number of nitrogens with zero attached hydrogens (tertiary/aromatic N) is 2. The second kappa shape index (κ2) is 9.35. The maximum absolute atomic E-state index is 13.5. The van der Waals surface area contributed by atoms with Crippen LogP contribution in [0.25, 0.3) is 6.08 Å². The van der Waals surface area contributed by atoms with Crippen LogP contribution in [0.5, 0.6) is 5.75 Å². The van der Waals surface area contributed by atoms with Crippen LogP contribution in [0.15, 0.2) is 54.6 Å². The van der Waals surface area contributed by atoms with Crippen LogP contribution >= 0.6 is 0 Å². The number of carbonyl (C=O) groups is 1. The summed E-state index contributed by atoms with van der Waals surface area (Å²) in [5, 5.41) is 12.5. The molecule has 0 N–H and O–H groups in total. The smallest absolute Gasteiger partial charge is 0.327 e. The highest BCUT2D eigenvalue weighted by Gasteiger charge is 2.69. The van der Waals surface area contributed by atoms with Gasteiger partial charge in [-0.15, -0.1) is 0 Å². The summed E-state index contributed by atoms with van der Waals surface area (Å²) in [6.07, 6.45) is 5.04. The number of nitro groups is 1. The van der Waals surface area contributed by atoms with Crippen LogP contribution in [0.1, 0.15) is 42.4 Å². The number of fused-ring (bicyclic) bond motifs is 1. The highest BCUT2D eigenvalue weighted by molar-refractivity contribution is 5.84. The molecule has 2 saturated heterocycles. The summed E-state index contributed by atoms with van der Waals surface area (Å²) < 4.78 is 11.0. The SMILES string of the molecule is CCOC(=O)[C@]12CCCN1[C@@H](/C=C/c1ccccc1OC)[C@@H]([N+](=O)[O-])[C@@H]2c1ccc(C)cc1. The first-order chi connectivity index (χ1) is 15.9. The Morgan fingerprint density at radius 2 is 1.97 bits per heavy atom. The molecule has 2 aromatic carbocycles. The van der Waals surface area contributed by atoms with E-state index in [1.807, 2.05) is 72.5 Å². The fraction of sp³-hybridized carbons (Fsp3) is 0.423. The number of para-hydroxylation sites is 1. The number of hydrogen-bond donors (Lipinski definition) is 0. The summed E-state index contributed by atoms with van der Waals surface area (Å²) in [6.45, 7) is 4.59. The summed E-state index contributed by atoms with van der Waals surface area (Å²) in [5.74, 6) is -0.285. The number of esters is 1. The topological polar surface area (TPSA) is 81.9 Å². The average molecular weight is 451 g/mol. The molecule has 2 aliphatic rings. The van der Waals surface area contributed by atoms with E-state index < -0.39 is 23.5 Å². The molecular weight excluding hydrogens is 420 g/mol. The van der Waals surface area contributed by atoms with Gasteiger partial charge in [0.15, 0.2) is 0 Å². The molecule has 0 aliphatic carbocycles. The third kappa shape index (κ3) is 3.91. The Bertz CT molecular complexity index is 1050. The van der Waals surface area contributed by atoms with E-state index in [4.69, 9.17) is 9.47 Å². The van der Waals surface area contributed by atoms with Gasteiger partial charge in [0.05, 0.1) is 25.7 Å².